The van der Waals surface area contributed by atoms with Crippen LogP contribution >= 0.6 is 0 Å². The smallest absolute Gasteiger partial charge is 0.246 e. The maximum absolute atomic E-state index is 13.0. The molecular weight excluding hydrogens is 305 g/mol. The summed E-state index contributed by atoms with van der Waals surface area (Å²) < 4.78 is 18.5. The Kier molecular flexibility index (Phi) is 4.65. The molecule has 0 N–H and O–H groups in total. The summed E-state index contributed by atoms with van der Waals surface area (Å²) in [7, 11) is 1.75. The normalized spacial score (nSPS) is 14.3. The summed E-state index contributed by atoms with van der Waals surface area (Å²) in [5.74, 6) is 0.560. The topological polar surface area (TPSA) is 29.5 Å². The van der Waals surface area contributed by atoms with E-state index in [9.17, 15) is 9.18 Å². The molecule has 1 aliphatic rings. The molecule has 0 aliphatic carbocycles. The van der Waals surface area contributed by atoms with Crippen molar-refractivity contribution in [3.8, 4) is 5.75 Å². The molecule has 0 fully saturated rings. The van der Waals surface area contributed by atoms with E-state index >= 15 is 0 Å². The zero-order valence-corrected chi connectivity index (χ0v) is 13.8. The van der Waals surface area contributed by atoms with Crippen molar-refractivity contribution in [3.05, 3.63) is 71.0 Å². The van der Waals surface area contributed by atoms with E-state index in [0.29, 0.717) is 0 Å². The van der Waals surface area contributed by atoms with E-state index in [2.05, 4.69) is 6.07 Å². The first-order valence-corrected chi connectivity index (χ1v) is 8.00. The molecule has 0 saturated heterocycles. The minimum Gasteiger partial charge on any atom is -0.493 e. The van der Waals surface area contributed by atoms with Crippen LogP contribution in [0.3, 0.4) is 0 Å². The van der Waals surface area contributed by atoms with Crippen molar-refractivity contribution in [2.75, 3.05) is 13.7 Å². The van der Waals surface area contributed by atoms with Crippen LogP contribution < -0.4 is 4.74 Å². The standard InChI is InChI=1S/C20H20FNO2/c1-14(16-5-7-18(21)8-6-16)22(2)20(23)10-4-15-3-9-19-17(13-15)11-12-24-19/h3-10,13-14H,11-12H2,1-2H3/b10-4+. The number of carbonyl (C=O) groups excluding carboxylic acids is 1. The highest BCUT2D eigenvalue weighted by Crippen LogP contribution is 2.26. The Morgan fingerprint density at radius 2 is 2.00 bits per heavy atom. The highest BCUT2D eigenvalue weighted by molar-refractivity contribution is 5.91. The number of rotatable bonds is 4. The molecule has 0 bridgehead atoms. The molecule has 124 valence electrons. The Balaban J connectivity index is 1.68. The van der Waals surface area contributed by atoms with E-state index in [1.807, 2.05) is 25.1 Å². The van der Waals surface area contributed by atoms with Crippen LogP contribution in [-0.2, 0) is 11.2 Å². The van der Waals surface area contributed by atoms with E-state index in [1.165, 1.54) is 17.7 Å². The summed E-state index contributed by atoms with van der Waals surface area (Å²) in [5.41, 5.74) is 3.06. The molecule has 1 unspecified atom stereocenters. The van der Waals surface area contributed by atoms with E-state index in [0.717, 1.165) is 29.9 Å². The molecule has 2 aromatic rings. The lowest BCUT2D eigenvalue weighted by Crippen LogP contribution is -2.27. The van der Waals surface area contributed by atoms with Gasteiger partial charge < -0.3 is 9.64 Å². The number of ether oxygens (including phenoxy) is 1. The van der Waals surface area contributed by atoms with Crippen LogP contribution in [0.2, 0.25) is 0 Å². The molecule has 3 nitrogen and oxygen atoms in total. The van der Waals surface area contributed by atoms with Gasteiger partial charge in [0.05, 0.1) is 12.6 Å². The lowest BCUT2D eigenvalue weighted by molar-refractivity contribution is -0.126. The molecule has 1 amide bonds. The SMILES string of the molecule is CC(c1ccc(F)cc1)N(C)C(=O)/C=C/c1ccc2c(c1)CCO2. The van der Waals surface area contributed by atoms with Gasteiger partial charge in [0.15, 0.2) is 0 Å². The molecule has 0 radical (unpaired) electrons. The van der Waals surface area contributed by atoms with Crippen molar-refractivity contribution < 1.29 is 13.9 Å². The summed E-state index contributed by atoms with van der Waals surface area (Å²) in [5, 5.41) is 0. The average Bonchev–Trinajstić information content (AvgIpc) is 3.06. The summed E-state index contributed by atoms with van der Waals surface area (Å²) in [4.78, 5) is 14.0. The summed E-state index contributed by atoms with van der Waals surface area (Å²) in [6.07, 6.45) is 4.29. The number of fused-ring (bicyclic) bond motifs is 1. The second kappa shape index (κ2) is 6.87. The van der Waals surface area contributed by atoms with Crippen LogP contribution in [0, 0.1) is 5.82 Å². The van der Waals surface area contributed by atoms with Gasteiger partial charge in [0, 0.05) is 19.5 Å². The third-order valence-corrected chi connectivity index (χ3v) is 4.41. The van der Waals surface area contributed by atoms with E-state index in [4.69, 9.17) is 4.74 Å². The van der Waals surface area contributed by atoms with E-state index in [-0.39, 0.29) is 17.8 Å². The maximum Gasteiger partial charge on any atom is 0.246 e. The second-order valence-corrected chi connectivity index (χ2v) is 5.98. The molecule has 0 saturated carbocycles. The quantitative estimate of drug-likeness (QED) is 0.796. The largest absolute Gasteiger partial charge is 0.493 e. The van der Waals surface area contributed by atoms with Gasteiger partial charge >= 0.3 is 0 Å². The van der Waals surface area contributed by atoms with Gasteiger partial charge in [-0.15, -0.1) is 0 Å². The number of amides is 1. The molecule has 0 spiro atoms. The minimum absolute atomic E-state index is 0.0939. The summed E-state index contributed by atoms with van der Waals surface area (Å²) >= 11 is 0. The number of hydrogen-bond acceptors (Lipinski definition) is 2. The monoisotopic (exact) mass is 325 g/mol. The number of halogens is 1. The van der Waals surface area contributed by atoms with Crippen LogP contribution in [0.4, 0.5) is 4.39 Å². The van der Waals surface area contributed by atoms with Gasteiger partial charge in [-0.25, -0.2) is 4.39 Å². The van der Waals surface area contributed by atoms with Crippen molar-refractivity contribution in [2.24, 2.45) is 0 Å². The predicted molar refractivity (Wildman–Crippen MR) is 92.3 cm³/mol. The minimum atomic E-state index is -0.277. The Labute approximate surface area is 141 Å². The fraction of sp³-hybridized carbons (Fsp3) is 0.250. The van der Waals surface area contributed by atoms with Crippen LogP contribution in [0.25, 0.3) is 6.08 Å². The molecule has 3 rings (SSSR count). The fourth-order valence-corrected chi connectivity index (χ4v) is 2.75. The van der Waals surface area contributed by atoms with Gasteiger partial charge in [-0.1, -0.05) is 18.2 Å². The van der Waals surface area contributed by atoms with Crippen LogP contribution in [0.1, 0.15) is 29.7 Å². The van der Waals surface area contributed by atoms with E-state index in [1.54, 1.807) is 30.2 Å². The fourth-order valence-electron chi connectivity index (χ4n) is 2.75. The lowest BCUT2D eigenvalue weighted by atomic mass is 10.1. The molecule has 4 heteroatoms. The van der Waals surface area contributed by atoms with Gasteiger partial charge in [-0.2, -0.15) is 0 Å². The Morgan fingerprint density at radius 1 is 1.25 bits per heavy atom. The number of benzene rings is 2. The van der Waals surface area contributed by atoms with Crippen molar-refractivity contribution in [1.29, 1.82) is 0 Å². The van der Waals surface area contributed by atoms with Crippen LogP contribution in [-0.4, -0.2) is 24.5 Å². The first-order chi connectivity index (χ1) is 11.5. The van der Waals surface area contributed by atoms with Crippen LogP contribution in [0.5, 0.6) is 5.75 Å². The van der Waals surface area contributed by atoms with Crippen LogP contribution in [0.15, 0.2) is 48.5 Å². The third-order valence-electron chi connectivity index (χ3n) is 4.41. The number of nitrogens with zero attached hydrogens (tertiary/aromatic N) is 1. The summed E-state index contributed by atoms with van der Waals surface area (Å²) in [6.45, 7) is 2.64. The Hall–Kier alpha value is -2.62. The molecule has 0 aromatic heterocycles. The average molecular weight is 325 g/mol. The number of likely N-dealkylation sites (N-methyl/N-ethyl adjacent to an activating group) is 1. The first-order valence-electron chi connectivity index (χ1n) is 8.00. The van der Waals surface area contributed by atoms with Crippen molar-refractivity contribution >= 4 is 12.0 Å². The highest BCUT2D eigenvalue weighted by atomic mass is 19.1. The molecule has 1 atom stereocenters. The zero-order valence-electron chi connectivity index (χ0n) is 13.8. The Morgan fingerprint density at radius 3 is 2.75 bits per heavy atom. The van der Waals surface area contributed by atoms with Crippen molar-refractivity contribution in [1.82, 2.24) is 4.90 Å². The number of hydrogen-bond donors (Lipinski definition) is 0. The maximum atomic E-state index is 13.0. The van der Waals surface area contributed by atoms with Gasteiger partial charge in [0.25, 0.3) is 0 Å². The molecule has 24 heavy (non-hydrogen) atoms. The van der Waals surface area contributed by atoms with Gasteiger partial charge in [0.2, 0.25) is 5.91 Å². The van der Waals surface area contributed by atoms with Gasteiger partial charge in [0.1, 0.15) is 11.6 Å². The molecule has 1 heterocycles. The van der Waals surface area contributed by atoms with Crippen molar-refractivity contribution in [3.63, 3.8) is 0 Å². The third kappa shape index (κ3) is 3.48. The molecule has 2 aromatic carbocycles. The van der Waals surface area contributed by atoms with Gasteiger partial charge in [-0.05, 0) is 54.0 Å². The molecular formula is C20H20FNO2. The van der Waals surface area contributed by atoms with E-state index < -0.39 is 0 Å². The zero-order chi connectivity index (χ0) is 17.1. The Bertz CT molecular complexity index is 768. The van der Waals surface area contributed by atoms with Crippen molar-refractivity contribution in [2.45, 2.75) is 19.4 Å². The lowest BCUT2D eigenvalue weighted by Gasteiger charge is -2.24. The summed E-state index contributed by atoms with van der Waals surface area (Å²) in [6, 6.07) is 12.0. The molecule has 1 aliphatic heterocycles. The number of carbonyl (C=O) groups is 1. The first kappa shape index (κ1) is 16.2. The highest BCUT2D eigenvalue weighted by Gasteiger charge is 2.16. The van der Waals surface area contributed by atoms with Gasteiger partial charge in [-0.3, -0.25) is 4.79 Å². The predicted octanol–water partition coefficient (Wildman–Crippen LogP) is 3.99. The second-order valence-electron chi connectivity index (χ2n) is 5.98.